The van der Waals surface area contributed by atoms with Crippen molar-refractivity contribution in [3.8, 4) is 17.1 Å². The lowest BCUT2D eigenvalue weighted by atomic mass is 10.1. The molecule has 0 fully saturated rings. The van der Waals surface area contributed by atoms with Crippen molar-refractivity contribution in [2.24, 2.45) is 0 Å². The number of hydrogen-bond acceptors (Lipinski definition) is 5. The number of nitrogens with zero attached hydrogens (tertiary/aromatic N) is 3. The van der Waals surface area contributed by atoms with Gasteiger partial charge < -0.3 is 10.1 Å². The van der Waals surface area contributed by atoms with Crippen LogP contribution < -0.4 is 10.1 Å². The predicted molar refractivity (Wildman–Crippen MR) is 117 cm³/mol. The summed E-state index contributed by atoms with van der Waals surface area (Å²) < 4.78 is 19.6. The number of nitrogens with one attached hydrogen (secondary N) is 1. The molecular formula is C24H21FN4O2. The van der Waals surface area contributed by atoms with Gasteiger partial charge in [-0.15, -0.1) is 5.10 Å². The molecule has 1 N–H and O–H groups in total. The smallest absolute Gasteiger partial charge is 0.254 e. The van der Waals surface area contributed by atoms with Gasteiger partial charge in [-0.05, 0) is 35.4 Å². The van der Waals surface area contributed by atoms with Crippen LogP contribution in [0.2, 0.25) is 0 Å². The minimum Gasteiger partial charge on any atom is -0.497 e. The van der Waals surface area contributed by atoms with Crippen LogP contribution >= 0.6 is 0 Å². The summed E-state index contributed by atoms with van der Waals surface area (Å²) in [6.07, 6.45) is 0.160. The van der Waals surface area contributed by atoms with Gasteiger partial charge in [-0.2, -0.15) is 9.67 Å². The number of ether oxygens (including phenoxy) is 1. The highest BCUT2D eigenvalue weighted by molar-refractivity contribution is 5.83. The summed E-state index contributed by atoms with van der Waals surface area (Å²) in [5.74, 6) is 0.992. The van der Waals surface area contributed by atoms with Crippen molar-refractivity contribution < 1.29 is 13.9 Å². The second-order valence-corrected chi connectivity index (χ2v) is 6.94. The van der Waals surface area contributed by atoms with Crippen molar-refractivity contribution in [2.45, 2.75) is 13.0 Å². The second-order valence-electron chi connectivity index (χ2n) is 6.94. The average molecular weight is 416 g/mol. The van der Waals surface area contributed by atoms with Gasteiger partial charge >= 0.3 is 0 Å². The molecule has 0 radical (unpaired) electrons. The molecule has 4 rings (SSSR count). The maximum absolute atomic E-state index is 13.2. The van der Waals surface area contributed by atoms with E-state index in [1.54, 1.807) is 19.2 Å². The highest BCUT2D eigenvalue weighted by atomic mass is 19.1. The molecule has 31 heavy (non-hydrogen) atoms. The fourth-order valence-corrected chi connectivity index (χ4v) is 3.09. The van der Waals surface area contributed by atoms with Gasteiger partial charge in [0.05, 0.1) is 13.5 Å². The van der Waals surface area contributed by atoms with E-state index in [2.05, 4.69) is 15.4 Å². The first-order valence-electron chi connectivity index (χ1n) is 9.79. The molecule has 0 atom stereocenters. The Labute approximate surface area is 179 Å². The molecule has 0 aliphatic heterocycles. The minimum absolute atomic E-state index is 0.160. The van der Waals surface area contributed by atoms with Gasteiger partial charge in [0.25, 0.3) is 5.91 Å². The van der Waals surface area contributed by atoms with E-state index in [0.717, 1.165) is 22.4 Å². The van der Waals surface area contributed by atoms with Gasteiger partial charge in [0.2, 0.25) is 5.95 Å². The molecule has 0 spiro atoms. The van der Waals surface area contributed by atoms with E-state index in [9.17, 15) is 9.18 Å². The molecule has 1 aromatic heterocycles. The maximum Gasteiger partial charge on any atom is 0.254 e. The third kappa shape index (κ3) is 4.95. The number of hydrogen-bond donors (Lipinski definition) is 1. The van der Waals surface area contributed by atoms with Crippen LogP contribution in [-0.2, 0) is 13.0 Å². The average Bonchev–Trinajstić information content (AvgIpc) is 3.24. The summed E-state index contributed by atoms with van der Waals surface area (Å²) >= 11 is 0. The summed E-state index contributed by atoms with van der Waals surface area (Å²) in [6, 6.07) is 22.9. The van der Waals surface area contributed by atoms with Gasteiger partial charge in [0, 0.05) is 12.1 Å². The van der Waals surface area contributed by atoms with Gasteiger partial charge in [-0.1, -0.05) is 54.6 Å². The zero-order chi connectivity index (χ0) is 21.6. The first-order valence-corrected chi connectivity index (χ1v) is 9.79. The molecular weight excluding hydrogens is 395 g/mol. The Morgan fingerprint density at radius 3 is 2.32 bits per heavy atom. The van der Waals surface area contributed by atoms with E-state index < -0.39 is 0 Å². The SMILES string of the molecule is COc1ccc(CC(=O)n2nc(-c3ccccc3)nc2NCc2ccc(F)cc2)cc1. The van der Waals surface area contributed by atoms with Crippen molar-refractivity contribution in [1.29, 1.82) is 0 Å². The normalized spacial score (nSPS) is 10.6. The van der Waals surface area contributed by atoms with Crippen LogP contribution in [0.1, 0.15) is 15.9 Å². The molecule has 0 bridgehead atoms. The lowest BCUT2D eigenvalue weighted by Crippen LogP contribution is -2.18. The summed E-state index contributed by atoms with van der Waals surface area (Å²) in [5.41, 5.74) is 2.51. The van der Waals surface area contributed by atoms with Crippen LogP contribution in [0.5, 0.6) is 5.75 Å². The molecule has 0 saturated heterocycles. The van der Waals surface area contributed by atoms with Crippen LogP contribution in [0, 0.1) is 5.82 Å². The lowest BCUT2D eigenvalue weighted by molar-refractivity contribution is 0.0901. The summed E-state index contributed by atoms with van der Waals surface area (Å²) in [4.78, 5) is 17.6. The van der Waals surface area contributed by atoms with Gasteiger partial charge in [0.15, 0.2) is 5.82 Å². The largest absolute Gasteiger partial charge is 0.497 e. The summed E-state index contributed by atoms with van der Waals surface area (Å²) in [6.45, 7) is 0.378. The predicted octanol–water partition coefficient (Wildman–Crippen LogP) is 4.59. The molecule has 0 saturated carbocycles. The number of anilines is 1. The van der Waals surface area contributed by atoms with Crippen molar-refractivity contribution in [2.75, 3.05) is 12.4 Å². The van der Waals surface area contributed by atoms with E-state index in [1.807, 2.05) is 54.6 Å². The number of carbonyl (C=O) groups excluding carboxylic acids is 1. The number of methoxy groups -OCH3 is 1. The van der Waals surface area contributed by atoms with E-state index in [-0.39, 0.29) is 18.1 Å². The third-order valence-electron chi connectivity index (χ3n) is 4.75. The van der Waals surface area contributed by atoms with E-state index >= 15 is 0 Å². The number of rotatable bonds is 7. The zero-order valence-electron chi connectivity index (χ0n) is 17.0. The topological polar surface area (TPSA) is 69.0 Å². The Bertz CT molecular complexity index is 1160. The van der Waals surface area contributed by atoms with Crippen LogP contribution in [0.4, 0.5) is 10.3 Å². The van der Waals surface area contributed by atoms with Crippen molar-refractivity contribution >= 4 is 11.9 Å². The highest BCUT2D eigenvalue weighted by Gasteiger charge is 2.17. The van der Waals surface area contributed by atoms with Gasteiger partial charge in [0.1, 0.15) is 11.6 Å². The van der Waals surface area contributed by atoms with E-state index in [1.165, 1.54) is 16.8 Å². The van der Waals surface area contributed by atoms with Crippen LogP contribution in [0.3, 0.4) is 0 Å². The molecule has 0 amide bonds. The number of benzene rings is 3. The van der Waals surface area contributed by atoms with Crippen LogP contribution in [-0.4, -0.2) is 27.8 Å². The Kier molecular flexibility index (Phi) is 6.03. The monoisotopic (exact) mass is 416 g/mol. The molecule has 156 valence electrons. The van der Waals surface area contributed by atoms with Crippen molar-refractivity contribution in [3.63, 3.8) is 0 Å². The maximum atomic E-state index is 13.2. The van der Waals surface area contributed by atoms with E-state index in [0.29, 0.717) is 18.3 Å². The van der Waals surface area contributed by atoms with E-state index in [4.69, 9.17) is 4.74 Å². The number of halogens is 1. The zero-order valence-corrected chi connectivity index (χ0v) is 17.0. The molecule has 0 unspecified atom stereocenters. The fourth-order valence-electron chi connectivity index (χ4n) is 3.09. The second kappa shape index (κ2) is 9.21. The molecule has 6 nitrogen and oxygen atoms in total. The highest BCUT2D eigenvalue weighted by Crippen LogP contribution is 2.19. The van der Waals surface area contributed by atoms with Gasteiger partial charge in [-0.25, -0.2) is 4.39 Å². The third-order valence-corrected chi connectivity index (χ3v) is 4.75. The van der Waals surface area contributed by atoms with Gasteiger partial charge in [-0.3, -0.25) is 4.79 Å². The Balaban J connectivity index is 1.59. The van der Waals surface area contributed by atoms with Crippen molar-refractivity contribution in [3.05, 3.63) is 95.8 Å². The van der Waals surface area contributed by atoms with Crippen LogP contribution in [0.25, 0.3) is 11.4 Å². The minimum atomic E-state index is -0.298. The number of carbonyl (C=O) groups is 1. The molecule has 1 heterocycles. The quantitative estimate of drug-likeness (QED) is 0.477. The number of aromatic nitrogens is 3. The molecule has 4 aromatic rings. The fraction of sp³-hybridized carbons (Fsp3) is 0.125. The lowest BCUT2D eigenvalue weighted by Gasteiger charge is -2.08. The molecule has 7 heteroatoms. The van der Waals surface area contributed by atoms with Crippen LogP contribution in [0.15, 0.2) is 78.9 Å². The Morgan fingerprint density at radius 2 is 1.65 bits per heavy atom. The first kappa shape index (κ1) is 20.3. The Hall–Kier alpha value is -4.00. The molecule has 0 aliphatic rings. The first-order chi connectivity index (χ1) is 15.1. The standard InChI is InChI=1S/C24H21FN4O2/c1-31-21-13-9-17(10-14-21)15-22(30)29-24(26-16-18-7-11-20(25)12-8-18)27-23(28-29)19-5-3-2-4-6-19/h2-14H,15-16H2,1H3,(H,26,27,28). The van der Waals surface area contributed by atoms with Crippen molar-refractivity contribution in [1.82, 2.24) is 14.8 Å². The summed E-state index contributed by atoms with van der Waals surface area (Å²) in [5, 5.41) is 7.60. The molecule has 0 aliphatic carbocycles. The summed E-state index contributed by atoms with van der Waals surface area (Å²) in [7, 11) is 1.60. The molecule has 3 aromatic carbocycles. The Morgan fingerprint density at radius 1 is 0.968 bits per heavy atom.